The molecule has 1 saturated heterocycles. The van der Waals surface area contributed by atoms with E-state index in [0.29, 0.717) is 0 Å². The fourth-order valence-corrected chi connectivity index (χ4v) is 3.66. The molecule has 1 atom stereocenters. The van der Waals surface area contributed by atoms with Gasteiger partial charge in [-0.3, -0.25) is 0 Å². The molecular formula is C20H25N5. The summed E-state index contributed by atoms with van der Waals surface area (Å²) < 4.78 is 0. The molecule has 3 aromatic rings. The lowest BCUT2D eigenvalue weighted by Gasteiger charge is -2.31. The highest BCUT2D eigenvalue weighted by atomic mass is 15.2. The first-order valence-electron chi connectivity index (χ1n) is 9.16. The number of aromatic nitrogens is 3. The highest BCUT2D eigenvalue weighted by molar-refractivity contribution is 5.83. The standard InChI is InChI=1S/C20H25N5/c1-15-5-4-12-25(14-15)19-9-11-22-20(24-19)21-10-8-16-13-23-18-7-3-2-6-17(16)18/h2-3,6-7,9,11,13,15,23H,4-5,8,10,12,14H2,1H3,(H,21,22,24). The Morgan fingerprint density at radius 2 is 2.20 bits per heavy atom. The number of benzene rings is 1. The molecule has 2 aromatic heterocycles. The van der Waals surface area contributed by atoms with Crippen molar-refractivity contribution in [2.45, 2.75) is 26.2 Å². The highest BCUT2D eigenvalue weighted by Crippen LogP contribution is 2.22. The van der Waals surface area contributed by atoms with Gasteiger partial charge in [0.2, 0.25) is 5.95 Å². The van der Waals surface area contributed by atoms with Gasteiger partial charge in [0.1, 0.15) is 5.82 Å². The number of hydrogen-bond donors (Lipinski definition) is 2. The fourth-order valence-electron chi connectivity index (χ4n) is 3.66. The average molecular weight is 335 g/mol. The summed E-state index contributed by atoms with van der Waals surface area (Å²) in [5.74, 6) is 2.49. The van der Waals surface area contributed by atoms with Crippen molar-refractivity contribution < 1.29 is 0 Å². The van der Waals surface area contributed by atoms with Crippen molar-refractivity contribution in [2.24, 2.45) is 5.92 Å². The molecule has 1 aromatic carbocycles. The number of para-hydroxylation sites is 1. The molecule has 5 heteroatoms. The normalized spacial score (nSPS) is 17.8. The van der Waals surface area contributed by atoms with E-state index in [9.17, 15) is 0 Å². The smallest absolute Gasteiger partial charge is 0.224 e. The maximum absolute atomic E-state index is 4.71. The van der Waals surface area contributed by atoms with Crippen molar-refractivity contribution >= 4 is 22.7 Å². The minimum Gasteiger partial charge on any atom is -0.361 e. The Kier molecular flexibility index (Phi) is 4.55. The molecule has 0 amide bonds. The topological polar surface area (TPSA) is 56.8 Å². The van der Waals surface area contributed by atoms with Crippen LogP contribution in [0.1, 0.15) is 25.3 Å². The first-order chi connectivity index (χ1) is 12.3. The Morgan fingerprint density at radius 1 is 1.28 bits per heavy atom. The molecule has 2 N–H and O–H groups in total. The molecular weight excluding hydrogens is 310 g/mol. The maximum Gasteiger partial charge on any atom is 0.224 e. The molecule has 3 heterocycles. The summed E-state index contributed by atoms with van der Waals surface area (Å²) in [4.78, 5) is 14.8. The molecule has 130 valence electrons. The number of fused-ring (bicyclic) bond motifs is 1. The lowest BCUT2D eigenvalue weighted by atomic mass is 10.0. The lowest BCUT2D eigenvalue weighted by molar-refractivity contribution is 0.444. The van der Waals surface area contributed by atoms with Crippen LogP contribution in [0.5, 0.6) is 0 Å². The van der Waals surface area contributed by atoms with Crippen LogP contribution in [0.25, 0.3) is 10.9 Å². The molecule has 4 rings (SSSR count). The lowest BCUT2D eigenvalue weighted by Crippen LogP contribution is -2.34. The number of hydrogen-bond acceptors (Lipinski definition) is 4. The number of rotatable bonds is 5. The number of aromatic amines is 1. The summed E-state index contributed by atoms with van der Waals surface area (Å²) in [6, 6.07) is 10.4. The molecule has 1 unspecified atom stereocenters. The Morgan fingerprint density at radius 3 is 3.12 bits per heavy atom. The molecule has 0 radical (unpaired) electrons. The van der Waals surface area contributed by atoms with Gasteiger partial charge in [-0.1, -0.05) is 25.1 Å². The van der Waals surface area contributed by atoms with Gasteiger partial charge in [-0.15, -0.1) is 0 Å². The zero-order valence-corrected chi connectivity index (χ0v) is 14.7. The summed E-state index contributed by atoms with van der Waals surface area (Å²) in [6.07, 6.45) is 7.46. The van der Waals surface area contributed by atoms with Crippen LogP contribution in [0, 0.1) is 5.92 Å². The Balaban J connectivity index is 1.39. The van der Waals surface area contributed by atoms with Gasteiger partial charge in [-0.2, -0.15) is 4.98 Å². The first kappa shape index (κ1) is 15.9. The second kappa shape index (κ2) is 7.13. The van der Waals surface area contributed by atoms with E-state index in [0.717, 1.165) is 43.7 Å². The minimum absolute atomic E-state index is 0.718. The zero-order valence-electron chi connectivity index (χ0n) is 14.7. The van der Waals surface area contributed by atoms with Crippen molar-refractivity contribution in [1.82, 2.24) is 15.0 Å². The summed E-state index contributed by atoms with van der Waals surface area (Å²) >= 11 is 0. The Bertz CT molecular complexity index is 841. The van der Waals surface area contributed by atoms with E-state index < -0.39 is 0 Å². The number of H-pyrrole nitrogens is 1. The van der Waals surface area contributed by atoms with Gasteiger partial charge >= 0.3 is 0 Å². The van der Waals surface area contributed by atoms with Crippen LogP contribution < -0.4 is 10.2 Å². The predicted molar refractivity (Wildman–Crippen MR) is 103 cm³/mol. The van der Waals surface area contributed by atoms with Gasteiger partial charge in [0.25, 0.3) is 0 Å². The summed E-state index contributed by atoms with van der Waals surface area (Å²) in [6.45, 7) is 5.32. The van der Waals surface area contributed by atoms with Gasteiger partial charge < -0.3 is 15.2 Å². The molecule has 25 heavy (non-hydrogen) atoms. The quantitative estimate of drug-likeness (QED) is 0.743. The van der Waals surface area contributed by atoms with E-state index in [1.807, 2.05) is 12.3 Å². The molecule has 0 aliphatic carbocycles. The molecule has 5 nitrogen and oxygen atoms in total. The molecule has 0 spiro atoms. The van der Waals surface area contributed by atoms with Gasteiger partial charge in [0.05, 0.1) is 0 Å². The molecule has 1 aliphatic rings. The molecule has 1 fully saturated rings. The molecule has 1 aliphatic heterocycles. The van der Waals surface area contributed by atoms with Crippen molar-refractivity contribution in [3.63, 3.8) is 0 Å². The van der Waals surface area contributed by atoms with Crippen molar-refractivity contribution in [3.05, 3.63) is 48.3 Å². The van der Waals surface area contributed by atoms with E-state index in [1.54, 1.807) is 0 Å². The van der Waals surface area contributed by atoms with Gasteiger partial charge in [-0.05, 0) is 42.9 Å². The SMILES string of the molecule is CC1CCCN(c2ccnc(NCCc3c[nH]c4ccccc34)n2)C1. The van der Waals surface area contributed by atoms with E-state index in [2.05, 4.69) is 57.6 Å². The van der Waals surface area contributed by atoms with E-state index in [4.69, 9.17) is 4.98 Å². The van der Waals surface area contributed by atoms with Crippen LogP contribution in [-0.4, -0.2) is 34.6 Å². The molecule has 0 saturated carbocycles. The number of piperidine rings is 1. The fraction of sp³-hybridized carbons (Fsp3) is 0.400. The average Bonchev–Trinajstić information content (AvgIpc) is 3.05. The summed E-state index contributed by atoms with van der Waals surface area (Å²) in [5, 5.41) is 4.67. The number of nitrogens with zero attached hydrogens (tertiary/aromatic N) is 3. The van der Waals surface area contributed by atoms with Crippen LogP contribution in [0.2, 0.25) is 0 Å². The van der Waals surface area contributed by atoms with Crippen LogP contribution in [-0.2, 0) is 6.42 Å². The maximum atomic E-state index is 4.71. The van der Waals surface area contributed by atoms with Crippen molar-refractivity contribution in [3.8, 4) is 0 Å². The van der Waals surface area contributed by atoms with Crippen LogP contribution in [0.3, 0.4) is 0 Å². The van der Waals surface area contributed by atoms with Crippen LogP contribution in [0.15, 0.2) is 42.7 Å². The number of nitrogens with one attached hydrogen (secondary N) is 2. The Hall–Kier alpha value is -2.56. The second-order valence-corrected chi connectivity index (χ2v) is 6.97. The van der Waals surface area contributed by atoms with E-state index in [-0.39, 0.29) is 0 Å². The van der Waals surface area contributed by atoms with Gasteiger partial charge in [0, 0.05) is 42.9 Å². The number of anilines is 2. The first-order valence-corrected chi connectivity index (χ1v) is 9.16. The van der Waals surface area contributed by atoms with E-state index in [1.165, 1.54) is 29.3 Å². The largest absolute Gasteiger partial charge is 0.361 e. The van der Waals surface area contributed by atoms with Crippen LogP contribution >= 0.6 is 0 Å². The van der Waals surface area contributed by atoms with Gasteiger partial charge in [-0.25, -0.2) is 4.98 Å². The van der Waals surface area contributed by atoms with Crippen molar-refractivity contribution in [2.75, 3.05) is 29.9 Å². The zero-order chi connectivity index (χ0) is 17.1. The Labute approximate surface area is 148 Å². The molecule has 0 bridgehead atoms. The highest BCUT2D eigenvalue weighted by Gasteiger charge is 2.17. The second-order valence-electron chi connectivity index (χ2n) is 6.97. The third-order valence-electron chi connectivity index (χ3n) is 4.97. The van der Waals surface area contributed by atoms with Crippen molar-refractivity contribution in [1.29, 1.82) is 0 Å². The predicted octanol–water partition coefficient (Wildman–Crippen LogP) is 3.85. The summed E-state index contributed by atoms with van der Waals surface area (Å²) in [7, 11) is 0. The third-order valence-corrected chi connectivity index (χ3v) is 4.97. The summed E-state index contributed by atoms with van der Waals surface area (Å²) in [5.41, 5.74) is 2.51. The van der Waals surface area contributed by atoms with Crippen LogP contribution in [0.4, 0.5) is 11.8 Å². The monoisotopic (exact) mass is 335 g/mol. The van der Waals surface area contributed by atoms with Gasteiger partial charge in [0.15, 0.2) is 0 Å². The van der Waals surface area contributed by atoms with E-state index >= 15 is 0 Å². The third kappa shape index (κ3) is 3.60. The minimum atomic E-state index is 0.718.